The number of halogens is 3. The van der Waals surface area contributed by atoms with E-state index in [0.29, 0.717) is 12.2 Å². The van der Waals surface area contributed by atoms with E-state index in [9.17, 15) is 13.2 Å². The standard InChI is InChI=1S/C24H29F3O/c1-3-5-6-7-8-21(25)17-28-22-15-13-20(14-16-22)24(27)23(26)19-11-9-18(4-2)10-12-19/h9-16,21H,3-8,17H2,1-2H3/t21-/m0/s1. The third kappa shape index (κ3) is 6.74. The summed E-state index contributed by atoms with van der Waals surface area (Å²) in [4.78, 5) is 0. The summed E-state index contributed by atoms with van der Waals surface area (Å²) >= 11 is 0. The zero-order valence-electron chi connectivity index (χ0n) is 16.7. The van der Waals surface area contributed by atoms with Gasteiger partial charge in [0.25, 0.3) is 0 Å². The zero-order valence-corrected chi connectivity index (χ0v) is 16.7. The Morgan fingerprint density at radius 2 is 1.39 bits per heavy atom. The second-order valence-electron chi connectivity index (χ2n) is 6.96. The summed E-state index contributed by atoms with van der Waals surface area (Å²) in [5.41, 5.74) is 1.40. The topological polar surface area (TPSA) is 9.23 Å². The van der Waals surface area contributed by atoms with E-state index < -0.39 is 17.8 Å². The number of benzene rings is 2. The molecule has 0 unspecified atom stereocenters. The molecule has 1 atom stereocenters. The molecule has 0 saturated heterocycles. The van der Waals surface area contributed by atoms with Gasteiger partial charge in [0.2, 0.25) is 0 Å². The summed E-state index contributed by atoms with van der Waals surface area (Å²) in [6, 6.07) is 12.7. The summed E-state index contributed by atoms with van der Waals surface area (Å²) in [7, 11) is 0. The van der Waals surface area contributed by atoms with Crippen molar-refractivity contribution >= 4 is 11.7 Å². The van der Waals surface area contributed by atoms with Gasteiger partial charge in [-0.2, -0.15) is 0 Å². The van der Waals surface area contributed by atoms with E-state index in [1.54, 1.807) is 24.3 Å². The maximum atomic E-state index is 14.4. The van der Waals surface area contributed by atoms with Crippen LogP contribution in [0.2, 0.25) is 0 Å². The van der Waals surface area contributed by atoms with Gasteiger partial charge in [-0.1, -0.05) is 63.8 Å². The van der Waals surface area contributed by atoms with Crippen LogP contribution < -0.4 is 4.74 Å². The molecule has 0 spiro atoms. The Balaban J connectivity index is 1.93. The number of hydrogen-bond donors (Lipinski definition) is 0. The first-order valence-electron chi connectivity index (χ1n) is 10.1. The van der Waals surface area contributed by atoms with Crippen molar-refractivity contribution < 1.29 is 17.9 Å². The molecule has 1 nitrogen and oxygen atoms in total. The lowest BCUT2D eigenvalue weighted by Crippen LogP contribution is -2.12. The highest BCUT2D eigenvalue weighted by Crippen LogP contribution is 2.30. The van der Waals surface area contributed by atoms with Crippen molar-refractivity contribution in [2.45, 2.75) is 58.5 Å². The first kappa shape index (κ1) is 22.1. The number of unbranched alkanes of at least 4 members (excludes halogenated alkanes) is 3. The lowest BCUT2D eigenvalue weighted by molar-refractivity contribution is 0.184. The Morgan fingerprint density at radius 3 is 1.93 bits per heavy atom. The molecule has 152 valence electrons. The van der Waals surface area contributed by atoms with Gasteiger partial charge in [-0.15, -0.1) is 0 Å². The molecule has 2 rings (SSSR count). The molecule has 0 saturated carbocycles. The number of ether oxygens (including phenoxy) is 1. The smallest absolute Gasteiger partial charge is 0.166 e. The van der Waals surface area contributed by atoms with E-state index in [1.807, 2.05) is 6.92 Å². The van der Waals surface area contributed by atoms with E-state index in [-0.39, 0.29) is 17.7 Å². The van der Waals surface area contributed by atoms with Crippen LogP contribution in [0.15, 0.2) is 48.5 Å². The largest absolute Gasteiger partial charge is 0.491 e. The molecule has 0 radical (unpaired) electrons. The minimum atomic E-state index is -1.02. The average Bonchev–Trinajstić information content (AvgIpc) is 2.74. The summed E-state index contributed by atoms with van der Waals surface area (Å²) in [6.07, 6.45) is 4.43. The molecule has 28 heavy (non-hydrogen) atoms. The second-order valence-corrected chi connectivity index (χ2v) is 6.96. The van der Waals surface area contributed by atoms with Crippen molar-refractivity contribution in [3.8, 4) is 5.75 Å². The molecule has 0 aliphatic rings. The molecular weight excluding hydrogens is 361 g/mol. The van der Waals surface area contributed by atoms with Gasteiger partial charge in [0.05, 0.1) is 0 Å². The third-order valence-electron chi connectivity index (χ3n) is 4.72. The van der Waals surface area contributed by atoms with Crippen LogP contribution in [0, 0.1) is 0 Å². The molecule has 0 fully saturated rings. The van der Waals surface area contributed by atoms with E-state index in [4.69, 9.17) is 4.74 Å². The summed E-state index contributed by atoms with van der Waals surface area (Å²) in [5, 5.41) is 0. The van der Waals surface area contributed by atoms with Crippen LogP contribution in [0.1, 0.15) is 62.6 Å². The van der Waals surface area contributed by atoms with Crippen molar-refractivity contribution in [3.05, 3.63) is 65.2 Å². The predicted molar refractivity (Wildman–Crippen MR) is 110 cm³/mol. The van der Waals surface area contributed by atoms with Crippen LogP contribution in [0.5, 0.6) is 5.75 Å². The average molecular weight is 390 g/mol. The Kier molecular flexibility index (Phi) is 9.12. The highest BCUT2D eigenvalue weighted by Gasteiger charge is 2.12. The molecular formula is C24H29F3O. The predicted octanol–water partition coefficient (Wildman–Crippen LogP) is 7.70. The quantitative estimate of drug-likeness (QED) is 0.282. The fourth-order valence-electron chi connectivity index (χ4n) is 2.90. The maximum Gasteiger partial charge on any atom is 0.166 e. The minimum absolute atomic E-state index is 0.0259. The molecule has 2 aromatic rings. The Hall–Kier alpha value is -2.23. The Bertz CT molecular complexity index is 735. The molecule has 0 heterocycles. The molecule has 4 heteroatoms. The number of rotatable bonds is 11. The highest BCUT2D eigenvalue weighted by molar-refractivity contribution is 5.83. The minimum Gasteiger partial charge on any atom is -0.491 e. The van der Waals surface area contributed by atoms with Crippen molar-refractivity contribution in [3.63, 3.8) is 0 Å². The SMILES string of the molecule is CCCCCC[C@H](F)COc1ccc(C(F)=C(F)c2ccc(CC)cc2)cc1. The summed E-state index contributed by atoms with van der Waals surface area (Å²) < 4.78 is 48.1. The van der Waals surface area contributed by atoms with E-state index in [0.717, 1.165) is 37.7 Å². The fourth-order valence-corrected chi connectivity index (χ4v) is 2.90. The van der Waals surface area contributed by atoms with Gasteiger partial charge in [-0.3, -0.25) is 0 Å². The highest BCUT2D eigenvalue weighted by atomic mass is 19.2. The number of hydrogen-bond acceptors (Lipinski definition) is 1. The number of aryl methyl sites for hydroxylation is 1. The van der Waals surface area contributed by atoms with Gasteiger partial charge in [-0.05, 0) is 42.7 Å². The van der Waals surface area contributed by atoms with Gasteiger partial charge in [-0.25, -0.2) is 13.2 Å². The summed E-state index contributed by atoms with van der Waals surface area (Å²) in [6.45, 7) is 4.09. The van der Waals surface area contributed by atoms with Crippen LogP contribution >= 0.6 is 0 Å². The first-order valence-corrected chi connectivity index (χ1v) is 10.1. The zero-order chi connectivity index (χ0) is 20.4. The first-order chi connectivity index (χ1) is 13.5. The number of alkyl halides is 1. The summed E-state index contributed by atoms with van der Waals surface area (Å²) in [5.74, 6) is -1.37. The van der Waals surface area contributed by atoms with E-state index in [2.05, 4.69) is 6.92 Å². The molecule has 0 aromatic heterocycles. The molecule has 0 aliphatic heterocycles. The van der Waals surface area contributed by atoms with Crippen molar-refractivity contribution in [2.24, 2.45) is 0 Å². The van der Waals surface area contributed by atoms with E-state index >= 15 is 0 Å². The van der Waals surface area contributed by atoms with E-state index in [1.165, 1.54) is 24.3 Å². The van der Waals surface area contributed by atoms with Crippen LogP contribution in [0.25, 0.3) is 11.7 Å². The fraction of sp³-hybridized carbons (Fsp3) is 0.417. The van der Waals surface area contributed by atoms with Gasteiger partial charge in [0, 0.05) is 11.1 Å². The van der Waals surface area contributed by atoms with Gasteiger partial charge in [0.1, 0.15) is 18.5 Å². The molecule has 2 aromatic carbocycles. The maximum absolute atomic E-state index is 14.4. The van der Waals surface area contributed by atoms with Gasteiger partial charge in [0.15, 0.2) is 11.7 Å². The Labute approximate surface area is 166 Å². The van der Waals surface area contributed by atoms with Crippen LogP contribution in [0.4, 0.5) is 13.2 Å². The van der Waals surface area contributed by atoms with Gasteiger partial charge < -0.3 is 4.74 Å². The molecule has 0 bridgehead atoms. The van der Waals surface area contributed by atoms with Crippen molar-refractivity contribution in [1.82, 2.24) is 0 Å². The van der Waals surface area contributed by atoms with Crippen molar-refractivity contribution in [1.29, 1.82) is 0 Å². The lowest BCUT2D eigenvalue weighted by atomic mass is 10.1. The molecule has 0 aliphatic carbocycles. The van der Waals surface area contributed by atoms with Gasteiger partial charge >= 0.3 is 0 Å². The second kappa shape index (κ2) is 11.6. The van der Waals surface area contributed by atoms with Crippen LogP contribution in [-0.2, 0) is 6.42 Å². The molecule has 0 amide bonds. The monoisotopic (exact) mass is 390 g/mol. The normalized spacial score (nSPS) is 13.2. The van der Waals surface area contributed by atoms with Crippen LogP contribution in [0.3, 0.4) is 0 Å². The third-order valence-corrected chi connectivity index (χ3v) is 4.72. The molecule has 0 N–H and O–H groups in total. The van der Waals surface area contributed by atoms with Crippen molar-refractivity contribution in [2.75, 3.05) is 6.61 Å². The Morgan fingerprint density at radius 1 is 0.821 bits per heavy atom. The lowest BCUT2D eigenvalue weighted by Gasteiger charge is -2.11. The van der Waals surface area contributed by atoms with Crippen LogP contribution in [-0.4, -0.2) is 12.8 Å².